The van der Waals surface area contributed by atoms with Crippen LogP contribution in [0, 0.1) is 0 Å². The van der Waals surface area contributed by atoms with Gasteiger partial charge in [-0.05, 0) is 41.9 Å². The average Bonchev–Trinajstić information content (AvgIpc) is 3.34. The molecular weight excluding hydrogens is 412 g/mol. The summed E-state index contributed by atoms with van der Waals surface area (Å²) in [6, 6.07) is 21.8. The van der Waals surface area contributed by atoms with Gasteiger partial charge in [-0.3, -0.25) is 20.4 Å². The van der Waals surface area contributed by atoms with E-state index in [0.717, 1.165) is 12.0 Å². The van der Waals surface area contributed by atoms with Crippen LogP contribution in [0.4, 0.5) is 0 Å². The molecule has 0 radical (unpaired) electrons. The van der Waals surface area contributed by atoms with Crippen LogP contribution in [0.15, 0.2) is 83.5 Å². The van der Waals surface area contributed by atoms with Gasteiger partial charge < -0.3 is 15.1 Å². The van der Waals surface area contributed by atoms with E-state index >= 15 is 0 Å². The van der Waals surface area contributed by atoms with E-state index in [1.54, 1.807) is 6.07 Å². The van der Waals surface area contributed by atoms with Crippen LogP contribution in [0.1, 0.15) is 21.7 Å². The van der Waals surface area contributed by atoms with Crippen LogP contribution >= 0.6 is 12.2 Å². The summed E-state index contributed by atoms with van der Waals surface area (Å²) in [5.41, 5.74) is 7.35. The predicted molar refractivity (Wildman–Crippen MR) is 122 cm³/mol. The fraction of sp³-hybridized carbons (Fsp3) is 0.174. The number of benzene rings is 2. The third kappa shape index (κ3) is 7.27. The van der Waals surface area contributed by atoms with Crippen LogP contribution in [0.25, 0.3) is 0 Å². The molecule has 3 rings (SSSR count). The summed E-state index contributed by atoms with van der Waals surface area (Å²) in [5.74, 6) is -0.752. The number of thiocarbonyl (C=S) groups is 1. The SMILES string of the molecule is O=C(N[C@H](Cc1ccccc1)C(=O)NNC(=S)NCCc1ccccc1)c1ccco1. The van der Waals surface area contributed by atoms with Crippen molar-refractivity contribution in [3.8, 4) is 0 Å². The van der Waals surface area contributed by atoms with Gasteiger partial charge in [0.25, 0.3) is 11.8 Å². The maximum atomic E-state index is 12.7. The quantitative estimate of drug-likeness (QED) is 0.320. The number of nitrogens with one attached hydrogen (secondary N) is 4. The number of hydrazine groups is 1. The molecule has 160 valence electrons. The molecule has 0 unspecified atom stereocenters. The molecule has 0 aliphatic rings. The molecule has 2 amide bonds. The van der Waals surface area contributed by atoms with E-state index in [1.807, 2.05) is 60.7 Å². The standard InChI is InChI=1S/C23H24N4O3S/c28-21(26-27-23(31)24-14-13-17-8-3-1-4-9-17)19(16-18-10-5-2-6-11-18)25-22(29)20-12-7-15-30-20/h1-12,15,19H,13-14,16H2,(H,25,29)(H,26,28)(H2,24,27,31)/t19-/m1/s1. The van der Waals surface area contributed by atoms with E-state index in [-0.39, 0.29) is 5.76 Å². The second-order valence-corrected chi connectivity index (χ2v) is 7.21. The van der Waals surface area contributed by atoms with Crippen LogP contribution in [-0.4, -0.2) is 29.5 Å². The van der Waals surface area contributed by atoms with Crippen molar-refractivity contribution in [2.75, 3.05) is 6.54 Å². The fourth-order valence-corrected chi connectivity index (χ4v) is 3.06. The van der Waals surface area contributed by atoms with Gasteiger partial charge in [-0.15, -0.1) is 0 Å². The number of hydrogen-bond acceptors (Lipinski definition) is 4. The predicted octanol–water partition coefficient (Wildman–Crippen LogP) is 2.36. The summed E-state index contributed by atoms with van der Waals surface area (Å²) >= 11 is 5.22. The monoisotopic (exact) mass is 436 g/mol. The van der Waals surface area contributed by atoms with Crippen LogP contribution in [-0.2, 0) is 17.6 Å². The highest BCUT2D eigenvalue weighted by Gasteiger charge is 2.23. The van der Waals surface area contributed by atoms with Gasteiger partial charge in [0.2, 0.25) is 0 Å². The molecule has 0 spiro atoms. The summed E-state index contributed by atoms with van der Waals surface area (Å²) in [6.45, 7) is 0.619. The molecule has 2 aromatic carbocycles. The van der Waals surface area contributed by atoms with Gasteiger partial charge in [-0.2, -0.15) is 0 Å². The normalized spacial score (nSPS) is 11.2. The number of furan rings is 1. The van der Waals surface area contributed by atoms with Crippen molar-refractivity contribution in [3.05, 3.63) is 95.9 Å². The molecule has 0 saturated heterocycles. The van der Waals surface area contributed by atoms with Crippen molar-refractivity contribution < 1.29 is 14.0 Å². The Hall–Kier alpha value is -3.65. The number of hydrogen-bond donors (Lipinski definition) is 4. The third-order valence-electron chi connectivity index (χ3n) is 4.49. The Bertz CT molecular complexity index is 979. The summed E-state index contributed by atoms with van der Waals surface area (Å²) < 4.78 is 5.11. The summed E-state index contributed by atoms with van der Waals surface area (Å²) in [4.78, 5) is 25.1. The highest BCUT2D eigenvalue weighted by Crippen LogP contribution is 2.06. The van der Waals surface area contributed by atoms with E-state index in [9.17, 15) is 9.59 Å². The van der Waals surface area contributed by atoms with Crippen LogP contribution in [0.3, 0.4) is 0 Å². The topological polar surface area (TPSA) is 95.4 Å². The van der Waals surface area contributed by atoms with Crippen molar-refractivity contribution in [1.29, 1.82) is 0 Å². The number of carbonyl (C=O) groups excluding carboxylic acids is 2. The molecule has 0 saturated carbocycles. The third-order valence-corrected chi connectivity index (χ3v) is 4.74. The average molecular weight is 437 g/mol. The molecule has 0 fully saturated rings. The molecule has 1 aromatic heterocycles. The highest BCUT2D eigenvalue weighted by atomic mass is 32.1. The Kier molecular flexibility index (Phi) is 8.19. The number of amides is 2. The molecule has 7 nitrogen and oxygen atoms in total. The van der Waals surface area contributed by atoms with E-state index < -0.39 is 17.9 Å². The Morgan fingerprint density at radius 1 is 0.871 bits per heavy atom. The van der Waals surface area contributed by atoms with Gasteiger partial charge in [-0.25, -0.2) is 0 Å². The lowest BCUT2D eigenvalue weighted by Crippen LogP contribution is -2.55. The molecule has 3 aromatic rings. The lowest BCUT2D eigenvalue weighted by Gasteiger charge is -2.19. The highest BCUT2D eigenvalue weighted by molar-refractivity contribution is 7.80. The summed E-state index contributed by atoms with van der Waals surface area (Å²) in [5, 5.41) is 6.04. The minimum atomic E-state index is -0.820. The summed E-state index contributed by atoms with van der Waals surface area (Å²) in [6.07, 6.45) is 2.52. The van der Waals surface area contributed by atoms with Gasteiger partial charge >= 0.3 is 0 Å². The van der Waals surface area contributed by atoms with Crippen LogP contribution in [0.2, 0.25) is 0 Å². The molecule has 8 heteroatoms. The smallest absolute Gasteiger partial charge is 0.287 e. The van der Waals surface area contributed by atoms with Gasteiger partial charge in [0.1, 0.15) is 6.04 Å². The second-order valence-electron chi connectivity index (χ2n) is 6.80. The van der Waals surface area contributed by atoms with Crippen molar-refractivity contribution in [3.63, 3.8) is 0 Å². The van der Waals surface area contributed by atoms with Crippen molar-refractivity contribution in [2.24, 2.45) is 0 Å². The van der Waals surface area contributed by atoms with E-state index in [1.165, 1.54) is 17.9 Å². The molecule has 0 aliphatic carbocycles. The second kappa shape index (κ2) is 11.5. The van der Waals surface area contributed by atoms with Crippen molar-refractivity contribution in [1.82, 2.24) is 21.5 Å². The zero-order chi connectivity index (χ0) is 21.9. The lowest BCUT2D eigenvalue weighted by molar-refractivity contribution is -0.123. The first-order valence-electron chi connectivity index (χ1n) is 9.88. The van der Waals surface area contributed by atoms with Gasteiger partial charge in [0, 0.05) is 13.0 Å². The zero-order valence-electron chi connectivity index (χ0n) is 16.8. The Morgan fingerprint density at radius 3 is 2.19 bits per heavy atom. The Labute approximate surface area is 186 Å². The first-order chi connectivity index (χ1) is 15.1. The van der Waals surface area contributed by atoms with Crippen LogP contribution < -0.4 is 21.5 Å². The fourth-order valence-electron chi connectivity index (χ4n) is 2.91. The van der Waals surface area contributed by atoms with Gasteiger partial charge in [-0.1, -0.05) is 60.7 Å². The molecule has 31 heavy (non-hydrogen) atoms. The molecule has 4 N–H and O–H groups in total. The molecular formula is C23H24N4O3S. The lowest BCUT2D eigenvalue weighted by atomic mass is 10.1. The molecule has 1 atom stereocenters. The minimum absolute atomic E-state index is 0.136. The first-order valence-corrected chi connectivity index (χ1v) is 10.3. The number of carbonyl (C=O) groups is 2. The molecule has 1 heterocycles. The first kappa shape index (κ1) is 22.0. The van der Waals surface area contributed by atoms with Crippen molar-refractivity contribution in [2.45, 2.75) is 18.9 Å². The summed E-state index contributed by atoms with van der Waals surface area (Å²) in [7, 11) is 0. The molecule has 0 bridgehead atoms. The number of rotatable bonds is 8. The maximum absolute atomic E-state index is 12.7. The Balaban J connectivity index is 1.52. The van der Waals surface area contributed by atoms with E-state index in [2.05, 4.69) is 21.5 Å². The van der Waals surface area contributed by atoms with E-state index in [0.29, 0.717) is 18.1 Å². The minimum Gasteiger partial charge on any atom is -0.459 e. The Morgan fingerprint density at radius 2 is 1.55 bits per heavy atom. The van der Waals surface area contributed by atoms with Gasteiger partial charge in [0.15, 0.2) is 10.9 Å². The van der Waals surface area contributed by atoms with E-state index in [4.69, 9.17) is 16.6 Å². The zero-order valence-corrected chi connectivity index (χ0v) is 17.7. The maximum Gasteiger partial charge on any atom is 0.287 e. The molecule has 0 aliphatic heterocycles. The largest absolute Gasteiger partial charge is 0.459 e. The van der Waals surface area contributed by atoms with Crippen LogP contribution in [0.5, 0.6) is 0 Å². The van der Waals surface area contributed by atoms with Gasteiger partial charge in [0.05, 0.1) is 6.26 Å². The van der Waals surface area contributed by atoms with Crippen molar-refractivity contribution >= 4 is 29.1 Å².